The second-order valence-electron chi connectivity index (χ2n) is 5.82. The number of halogens is 1. The summed E-state index contributed by atoms with van der Waals surface area (Å²) in [6.45, 7) is 3.25. The zero-order valence-corrected chi connectivity index (χ0v) is 14.7. The Balaban J connectivity index is 1.39. The van der Waals surface area contributed by atoms with E-state index >= 15 is 0 Å². The van der Waals surface area contributed by atoms with Crippen molar-refractivity contribution >= 4 is 17.5 Å². The van der Waals surface area contributed by atoms with E-state index in [-0.39, 0.29) is 5.91 Å². The molecule has 132 valence electrons. The number of hydrogen-bond donors (Lipinski definition) is 1. The molecule has 1 amide bonds. The highest BCUT2D eigenvalue weighted by Gasteiger charge is 2.17. The van der Waals surface area contributed by atoms with E-state index in [1.165, 1.54) is 0 Å². The molecule has 1 heterocycles. The maximum Gasteiger partial charge on any atom is 0.234 e. The summed E-state index contributed by atoms with van der Waals surface area (Å²) in [6.07, 6.45) is 0. The Hall–Kier alpha value is -2.24. The van der Waals surface area contributed by atoms with Crippen LogP contribution in [0.15, 0.2) is 48.5 Å². The number of rotatable bonds is 6. The van der Waals surface area contributed by atoms with Crippen molar-refractivity contribution in [3.63, 3.8) is 0 Å². The molecule has 1 N–H and O–H groups in total. The molecule has 0 aliphatic carbocycles. The van der Waals surface area contributed by atoms with Crippen molar-refractivity contribution < 1.29 is 14.3 Å². The molecule has 0 saturated heterocycles. The van der Waals surface area contributed by atoms with Crippen molar-refractivity contribution in [2.45, 2.75) is 6.54 Å². The molecule has 25 heavy (non-hydrogen) atoms. The second kappa shape index (κ2) is 8.74. The van der Waals surface area contributed by atoms with Crippen molar-refractivity contribution in [3.8, 4) is 11.5 Å². The lowest BCUT2D eigenvalue weighted by atomic mass is 10.2. The first-order valence-corrected chi connectivity index (χ1v) is 8.66. The Morgan fingerprint density at radius 1 is 1.20 bits per heavy atom. The van der Waals surface area contributed by atoms with Crippen LogP contribution >= 0.6 is 11.6 Å². The number of benzene rings is 2. The van der Waals surface area contributed by atoms with Crippen LogP contribution in [0.1, 0.15) is 5.56 Å². The third-order valence-corrected chi connectivity index (χ3v) is 4.16. The van der Waals surface area contributed by atoms with Crippen molar-refractivity contribution in [2.24, 2.45) is 0 Å². The first-order valence-electron chi connectivity index (χ1n) is 8.29. The van der Waals surface area contributed by atoms with Crippen LogP contribution in [0.4, 0.5) is 0 Å². The Bertz CT molecular complexity index is 706. The fraction of sp³-hybridized carbons (Fsp3) is 0.316. The normalized spacial score (nSPS) is 14.1. The molecule has 2 aromatic carbocycles. The largest absolute Gasteiger partial charge is 0.492 e. The monoisotopic (exact) mass is 360 g/mol. The summed E-state index contributed by atoms with van der Waals surface area (Å²) < 4.78 is 11.3. The van der Waals surface area contributed by atoms with Gasteiger partial charge in [0.15, 0.2) is 0 Å². The minimum atomic E-state index is -0.0147. The van der Waals surface area contributed by atoms with Gasteiger partial charge in [0.1, 0.15) is 24.7 Å². The molecule has 0 saturated carbocycles. The summed E-state index contributed by atoms with van der Waals surface area (Å²) in [7, 11) is 0. The lowest BCUT2D eigenvalue weighted by Crippen LogP contribution is -2.39. The first kappa shape index (κ1) is 17.6. The van der Waals surface area contributed by atoms with Gasteiger partial charge in [-0.15, -0.1) is 0 Å². The molecule has 2 aromatic rings. The zero-order chi connectivity index (χ0) is 17.5. The van der Waals surface area contributed by atoms with Crippen LogP contribution in [0.5, 0.6) is 11.5 Å². The molecule has 3 rings (SSSR count). The topological polar surface area (TPSA) is 50.8 Å². The zero-order valence-electron chi connectivity index (χ0n) is 13.9. The highest BCUT2D eigenvalue weighted by molar-refractivity contribution is 6.30. The number of carbonyl (C=O) groups is 1. The van der Waals surface area contributed by atoms with Crippen molar-refractivity contribution in [1.29, 1.82) is 0 Å². The summed E-state index contributed by atoms with van der Waals surface area (Å²) in [5, 5.41) is 3.55. The molecule has 1 aliphatic rings. The van der Waals surface area contributed by atoms with Crippen LogP contribution in [-0.2, 0) is 11.3 Å². The van der Waals surface area contributed by atoms with Crippen molar-refractivity contribution in [2.75, 3.05) is 32.8 Å². The molecule has 0 radical (unpaired) electrons. The summed E-state index contributed by atoms with van der Waals surface area (Å²) in [5.41, 5.74) is 1.11. The van der Waals surface area contributed by atoms with Crippen LogP contribution in [0, 0.1) is 0 Å². The van der Waals surface area contributed by atoms with Crippen LogP contribution in [0.2, 0.25) is 5.02 Å². The van der Waals surface area contributed by atoms with E-state index in [1.54, 1.807) is 24.3 Å². The van der Waals surface area contributed by atoms with Gasteiger partial charge in [-0.2, -0.15) is 0 Å². The lowest BCUT2D eigenvalue weighted by Gasteiger charge is -2.18. The molecular formula is C19H21ClN2O3. The van der Waals surface area contributed by atoms with Gasteiger partial charge < -0.3 is 14.8 Å². The van der Waals surface area contributed by atoms with Gasteiger partial charge in [0, 0.05) is 23.7 Å². The van der Waals surface area contributed by atoms with Gasteiger partial charge in [-0.3, -0.25) is 9.69 Å². The molecule has 0 aromatic heterocycles. The van der Waals surface area contributed by atoms with Gasteiger partial charge in [0.05, 0.1) is 13.1 Å². The summed E-state index contributed by atoms with van der Waals surface area (Å²) in [6, 6.07) is 15.1. The minimum absolute atomic E-state index is 0.0147. The predicted octanol–water partition coefficient (Wildman–Crippen LogP) is 2.73. The molecular weight excluding hydrogens is 340 g/mol. The maximum atomic E-state index is 12.1. The highest BCUT2D eigenvalue weighted by Crippen LogP contribution is 2.22. The minimum Gasteiger partial charge on any atom is -0.492 e. The number of para-hydroxylation sites is 1. The number of carbonyl (C=O) groups excluding carboxylic acids is 1. The van der Waals surface area contributed by atoms with E-state index in [2.05, 4.69) is 10.2 Å². The summed E-state index contributed by atoms with van der Waals surface area (Å²) >= 11 is 5.82. The van der Waals surface area contributed by atoms with Crippen LogP contribution in [0.3, 0.4) is 0 Å². The Morgan fingerprint density at radius 2 is 2.00 bits per heavy atom. The summed E-state index contributed by atoms with van der Waals surface area (Å²) in [4.78, 5) is 14.2. The fourth-order valence-corrected chi connectivity index (χ4v) is 2.79. The average molecular weight is 361 g/mol. The lowest BCUT2D eigenvalue weighted by molar-refractivity contribution is -0.122. The van der Waals surface area contributed by atoms with E-state index < -0.39 is 0 Å². The third kappa shape index (κ3) is 5.37. The summed E-state index contributed by atoms with van der Waals surface area (Å²) in [5.74, 6) is 1.63. The van der Waals surface area contributed by atoms with Crippen LogP contribution < -0.4 is 14.8 Å². The van der Waals surface area contributed by atoms with E-state index in [0.29, 0.717) is 37.9 Å². The highest BCUT2D eigenvalue weighted by atomic mass is 35.5. The first-order chi connectivity index (χ1) is 12.2. The number of amides is 1. The molecule has 0 spiro atoms. The third-order valence-electron chi connectivity index (χ3n) is 3.91. The quantitative estimate of drug-likeness (QED) is 0.805. The van der Waals surface area contributed by atoms with E-state index in [1.807, 2.05) is 24.3 Å². The number of nitrogens with one attached hydrogen (secondary N) is 1. The number of hydrogen-bond acceptors (Lipinski definition) is 4. The molecule has 0 atom stereocenters. The number of nitrogens with zero attached hydrogens (tertiary/aromatic N) is 1. The molecule has 1 aliphatic heterocycles. The van der Waals surface area contributed by atoms with Gasteiger partial charge in [-0.05, 0) is 30.3 Å². The van der Waals surface area contributed by atoms with E-state index in [4.69, 9.17) is 21.1 Å². The Labute approximate surface area is 152 Å². The SMILES string of the molecule is O=C(CN1CCOc2ccccc2C1)NCCOc1ccc(Cl)cc1. The molecule has 0 unspecified atom stereocenters. The van der Waals surface area contributed by atoms with Gasteiger partial charge in [0.2, 0.25) is 5.91 Å². The fourth-order valence-electron chi connectivity index (χ4n) is 2.66. The number of fused-ring (bicyclic) bond motifs is 1. The van der Waals surface area contributed by atoms with Crippen LogP contribution in [0.25, 0.3) is 0 Å². The Morgan fingerprint density at radius 3 is 2.84 bits per heavy atom. The molecule has 5 nitrogen and oxygen atoms in total. The van der Waals surface area contributed by atoms with Crippen molar-refractivity contribution in [1.82, 2.24) is 10.2 Å². The van der Waals surface area contributed by atoms with Crippen molar-refractivity contribution in [3.05, 3.63) is 59.1 Å². The molecule has 0 bridgehead atoms. The van der Waals surface area contributed by atoms with Gasteiger partial charge >= 0.3 is 0 Å². The predicted molar refractivity (Wildman–Crippen MR) is 97.2 cm³/mol. The smallest absolute Gasteiger partial charge is 0.234 e. The van der Waals surface area contributed by atoms with Gasteiger partial charge in [-0.1, -0.05) is 29.8 Å². The maximum absolute atomic E-state index is 12.1. The van der Waals surface area contributed by atoms with E-state index in [0.717, 1.165) is 23.6 Å². The Kier molecular flexibility index (Phi) is 6.14. The molecule has 6 heteroatoms. The molecule has 0 fully saturated rings. The van der Waals surface area contributed by atoms with Gasteiger partial charge in [0.25, 0.3) is 0 Å². The second-order valence-corrected chi connectivity index (χ2v) is 6.26. The van der Waals surface area contributed by atoms with Gasteiger partial charge in [-0.25, -0.2) is 0 Å². The number of ether oxygens (including phenoxy) is 2. The van der Waals surface area contributed by atoms with E-state index in [9.17, 15) is 4.79 Å². The standard InChI is InChI=1S/C19H21ClN2O3/c20-16-5-7-17(8-6-16)24-11-9-21-19(23)14-22-10-12-25-18-4-2-1-3-15(18)13-22/h1-8H,9-14H2,(H,21,23). The van der Waals surface area contributed by atoms with Crippen LogP contribution in [-0.4, -0.2) is 43.7 Å². The average Bonchev–Trinajstić information content (AvgIpc) is 2.82.